The summed E-state index contributed by atoms with van der Waals surface area (Å²) in [6, 6.07) is 10.2. The lowest BCUT2D eigenvalue weighted by Crippen LogP contribution is -2.09. The first-order valence-corrected chi connectivity index (χ1v) is 8.37. The molecule has 0 amide bonds. The van der Waals surface area contributed by atoms with Gasteiger partial charge in [-0.3, -0.25) is 4.57 Å². The molecule has 5 nitrogen and oxygen atoms in total. The second kappa shape index (κ2) is 7.01. The molecule has 0 aliphatic rings. The monoisotopic (exact) mass is 324 g/mol. The van der Waals surface area contributed by atoms with E-state index in [1.54, 1.807) is 0 Å². The smallest absolute Gasteiger partial charge is 0.167 e. The van der Waals surface area contributed by atoms with Crippen LogP contribution in [0, 0.1) is 13.8 Å². The molecule has 0 radical (unpaired) electrons. The van der Waals surface area contributed by atoms with Gasteiger partial charge in [-0.25, -0.2) is 9.97 Å². The van der Waals surface area contributed by atoms with Gasteiger partial charge in [-0.15, -0.1) is 0 Å². The number of aromatic nitrogens is 3. The van der Waals surface area contributed by atoms with Gasteiger partial charge >= 0.3 is 0 Å². The average Bonchev–Trinajstić information content (AvgIpc) is 2.92. The standard InChI is InChI=1S/C19H24N4O/c1-4-17-22-18-13(2)11-14(3)21-19(18)23(17)12-24-16-7-5-15(6-8-16)9-10-20/h5-8,11H,4,9-10,12,20H2,1-3H3. The van der Waals surface area contributed by atoms with Crippen LogP contribution in [0.4, 0.5) is 0 Å². The third kappa shape index (κ3) is 3.26. The maximum absolute atomic E-state index is 5.97. The maximum atomic E-state index is 5.97. The van der Waals surface area contributed by atoms with E-state index in [-0.39, 0.29) is 0 Å². The number of fused-ring (bicyclic) bond motifs is 1. The molecule has 3 rings (SSSR count). The van der Waals surface area contributed by atoms with Crippen molar-refractivity contribution in [1.82, 2.24) is 14.5 Å². The lowest BCUT2D eigenvalue weighted by Gasteiger charge is -2.11. The van der Waals surface area contributed by atoms with Crippen LogP contribution >= 0.6 is 0 Å². The molecular formula is C19H24N4O. The molecule has 3 aromatic rings. The van der Waals surface area contributed by atoms with Gasteiger partial charge < -0.3 is 10.5 Å². The second-order valence-electron chi connectivity index (χ2n) is 6.02. The van der Waals surface area contributed by atoms with Gasteiger partial charge in [0.15, 0.2) is 12.4 Å². The summed E-state index contributed by atoms with van der Waals surface area (Å²) in [6.45, 7) is 7.25. The van der Waals surface area contributed by atoms with Crippen LogP contribution in [0.5, 0.6) is 5.75 Å². The van der Waals surface area contributed by atoms with Gasteiger partial charge in [0.05, 0.1) is 0 Å². The molecule has 0 aliphatic carbocycles. The van der Waals surface area contributed by atoms with Gasteiger partial charge in [-0.1, -0.05) is 19.1 Å². The number of rotatable bonds is 6. The lowest BCUT2D eigenvalue weighted by molar-refractivity contribution is 0.236. The Morgan fingerprint density at radius 2 is 1.88 bits per heavy atom. The van der Waals surface area contributed by atoms with Crippen molar-refractivity contribution >= 4 is 11.2 Å². The summed E-state index contributed by atoms with van der Waals surface area (Å²) in [6.07, 6.45) is 1.72. The van der Waals surface area contributed by atoms with Crippen molar-refractivity contribution < 1.29 is 4.74 Å². The normalized spacial score (nSPS) is 11.2. The highest BCUT2D eigenvalue weighted by atomic mass is 16.5. The number of nitrogens with two attached hydrogens (primary N) is 1. The van der Waals surface area contributed by atoms with Crippen LogP contribution in [0.3, 0.4) is 0 Å². The molecular weight excluding hydrogens is 300 g/mol. The predicted octanol–water partition coefficient (Wildman–Crippen LogP) is 3.15. The number of aryl methyl sites for hydroxylation is 3. The third-order valence-corrected chi connectivity index (χ3v) is 4.13. The molecule has 0 saturated carbocycles. The molecule has 2 heterocycles. The minimum absolute atomic E-state index is 0.409. The fourth-order valence-electron chi connectivity index (χ4n) is 2.91. The Balaban J connectivity index is 1.86. The topological polar surface area (TPSA) is 66.0 Å². The zero-order chi connectivity index (χ0) is 17.1. The van der Waals surface area contributed by atoms with Gasteiger partial charge in [-0.05, 0) is 56.1 Å². The van der Waals surface area contributed by atoms with Crippen molar-refractivity contribution in [3.63, 3.8) is 0 Å². The predicted molar refractivity (Wildman–Crippen MR) is 96.2 cm³/mol. The average molecular weight is 324 g/mol. The van der Waals surface area contributed by atoms with Crippen molar-refractivity contribution in [1.29, 1.82) is 0 Å². The molecule has 1 aromatic carbocycles. The minimum Gasteiger partial charge on any atom is -0.473 e. The van der Waals surface area contributed by atoms with Crippen LogP contribution in [0.2, 0.25) is 0 Å². The van der Waals surface area contributed by atoms with Gasteiger partial charge in [0.25, 0.3) is 0 Å². The summed E-state index contributed by atoms with van der Waals surface area (Å²) in [7, 11) is 0. The Morgan fingerprint density at radius 1 is 1.12 bits per heavy atom. The molecule has 24 heavy (non-hydrogen) atoms. The van der Waals surface area contributed by atoms with E-state index in [1.165, 1.54) is 5.56 Å². The molecule has 2 N–H and O–H groups in total. The molecule has 2 aromatic heterocycles. The van der Waals surface area contributed by atoms with Crippen LogP contribution in [0.1, 0.15) is 29.6 Å². The summed E-state index contributed by atoms with van der Waals surface area (Å²) in [5.41, 5.74) is 10.8. The Morgan fingerprint density at radius 3 is 2.54 bits per heavy atom. The van der Waals surface area contributed by atoms with Crippen molar-refractivity contribution in [2.45, 2.75) is 40.3 Å². The second-order valence-corrected chi connectivity index (χ2v) is 6.02. The van der Waals surface area contributed by atoms with Gasteiger partial charge in [0, 0.05) is 12.1 Å². The highest BCUT2D eigenvalue weighted by Crippen LogP contribution is 2.21. The first kappa shape index (κ1) is 16.5. The van der Waals surface area contributed by atoms with Gasteiger partial charge in [0.2, 0.25) is 0 Å². The number of hydrogen-bond donors (Lipinski definition) is 1. The summed E-state index contributed by atoms with van der Waals surface area (Å²) in [5, 5.41) is 0. The fraction of sp³-hybridized carbons (Fsp3) is 0.368. The first-order valence-electron chi connectivity index (χ1n) is 8.37. The van der Waals surface area contributed by atoms with Crippen molar-refractivity contribution in [2.24, 2.45) is 5.73 Å². The van der Waals surface area contributed by atoms with E-state index in [1.807, 2.05) is 19.1 Å². The number of ether oxygens (including phenoxy) is 1. The van der Waals surface area contributed by atoms with E-state index in [9.17, 15) is 0 Å². The Labute approximate surface area is 142 Å². The first-order chi connectivity index (χ1) is 11.6. The molecule has 126 valence electrons. The summed E-state index contributed by atoms with van der Waals surface area (Å²) < 4.78 is 8.02. The number of hydrogen-bond acceptors (Lipinski definition) is 4. The van der Waals surface area contributed by atoms with E-state index in [2.05, 4.69) is 41.6 Å². The molecule has 0 fully saturated rings. The quantitative estimate of drug-likeness (QED) is 0.756. The van der Waals surface area contributed by atoms with E-state index in [0.29, 0.717) is 13.3 Å². The number of imidazole rings is 1. The lowest BCUT2D eigenvalue weighted by atomic mass is 10.1. The van der Waals surface area contributed by atoms with Crippen molar-refractivity contribution in [3.8, 4) is 5.75 Å². The number of pyridine rings is 1. The fourth-order valence-corrected chi connectivity index (χ4v) is 2.91. The molecule has 5 heteroatoms. The number of nitrogens with zero attached hydrogens (tertiary/aromatic N) is 3. The molecule has 0 bridgehead atoms. The van der Waals surface area contributed by atoms with Crippen molar-refractivity contribution in [2.75, 3.05) is 6.54 Å². The van der Waals surface area contributed by atoms with Crippen LogP contribution in [-0.4, -0.2) is 21.1 Å². The highest BCUT2D eigenvalue weighted by Gasteiger charge is 2.13. The Kier molecular flexibility index (Phi) is 4.81. The van der Waals surface area contributed by atoms with Crippen LogP contribution in [0.15, 0.2) is 30.3 Å². The van der Waals surface area contributed by atoms with Crippen LogP contribution in [-0.2, 0) is 19.6 Å². The Bertz CT molecular complexity index is 837. The van der Waals surface area contributed by atoms with Crippen LogP contribution in [0.25, 0.3) is 11.2 Å². The van der Waals surface area contributed by atoms with E-state index in [0.717, 1.165) is 46.8 Å². The van der Waals surface area contributed by atoms with Gasteiger partial charge in [-0.2, -0.15) is 0 Å². The van der Waals surface area contributed by atoms with E-state index in [4.69, 9.17) is 15.5 Å². The third-order valence-electron chi connectivity index (χ3n) is 4.13. The molecule has 0 atom stereocenters. The zero-order valence-electron chi connectivity index (χ0n) is 14.5. The summed E-state index contributed by atoms with van der Waals surface area (Å²) in [4.78, 5) is 9.39. The van der Waals surface area contributed by atoms with Crippen LogP contribution < -0.4 is 10.5 Å². The Hall–Kier alpha value is -2.40. The highest BCUT2D eigenvalue weighted by molar-refractivity contribution is 5.75. The van der Waals surface area contributed by atoms with E-state index < -0.39 is 0 Å². The van der Waals surface area contributed by atoms with Crippen molar-refractivity contribution in [3.05, 3.63) is 53.0 Å². The molecule has 0 aliphatic heterocycles. The largest absolute Gasteiger partial charge is 0.473 e. The summed E-state index contributed by atoms with van der Waals surface area (Å²) >= 11 is 0. The minimum atomic E-state index is 0.409. The summed E-state index contributed by atoms with van der Waals surface area (Å²) in [5.74, 6) is 1.83. The molecule has 0 saturated heterocycles. The van der Waals surface area contributed by atoms with E-state index >= 15 is 0 Å². The molecule has 0 unspecified atom stereocenters. The SMILES string of the molecule is CCc1nc2c(C)cc(C)nc2n1COc1ccc(CCN)cc1. The molecule has 0 spiro atoms. The maximum Gasteiger partial charge on any atom is 0.167 e. The number of benzene rings is 1. The van der Waals surface area contributed by atoms with Gasteiger partial charge in [0.1, 0.15) is 17.1 Å². The zero-order valence-corrected chi connectivity index (χ0v) is 14.5.